The van der Waals surface area contributed by atoms with Gasteiger partial charge in [-0.1, -0.05) is 0 Å². The van der Waals surface area contributed by atoms with Crippen LogP contribution in [0.1, 0.15) is 31.1 Å². The number of benzene rings is 1. The average molecular weight is 291 g/mol. The Bertz CT molecular complexity index is 588. The fraction of sp³-hybridized carbons (Fsp3) is 0.400. The number of rotatable bonds is 3. The van der Waals surface area contributed by atoms with Gasteiger partial charge in [-0.25, -0.2) is 0 Å². The minimum atomic E-state index is -0.625. The van der Waals surface area contributed by atoms with Crippen LogP contribution >= 0.6 is 0 Å². The third-order valence-electron chi connectivity index (χ3n) is 2.77. The summed E-state index contributed by atoms with van der Waals surface area (Å²) in [6.45, 7) is 4.91. The number of carbonyl (C=O) groups is 3. The maximum atomic E-state index is 12.0. The Hall–Kier alpha value is -2.37. The van der Waals surface area contributed by atoms with Gasteiger partial charge in [-0.2, -0.15) is 0 Å². The quantitative estimate of drug-likeness (QED) is 0.624. The number of anilines is 1. The van der Waals surface area contributed by atoms with Crippen molar-refractivity contribution in [1.82, 2.24) is 0 Å². The van der Waals surface area contributed by atoms with Crippen LogP contribution in [-0.4, -0.2) is 36.9 Å². The Kier molecular flexibility index (Phi) is 3.97. The first-order valence-corrected chi connectivity index (χ1v) is 6.54. The van der Waals surface area contributed by atoms with Crippen molar-refractivity contribution in [2.75, 3.05) is 18.1 Å². The SMILES string of the molecule is CC(C)(C)OC(=O)CN1C(=O)COc2ccc(C=O)cc21. The topological polar surface area (TPSA) is 72.9 Å². The fourth-order valence-corrected chi connectivity index (χ4v) is 1.97. The molecule has 0 saturated carbocycles. The van der Waals surface area contributed by atoms with E-state index >= 15 is 0 Å². The summed E-state index contributed by atoms with van der Waals surface area (Å²) in [6, 6.07) is 4.71. The van der Waals surface area contributed by atoms with Crippen molar-refractivity contribution in [3.63, 3.8) is 0 Å². The van der Waals surface area contributed by atoms with E-state index in [1.807, 2.05) is 0 Å². The molecule has 0 saturated heterocycles. The highest BCUT2D eigenvalue weighted by molar-refractivity contribution is 6.02. The van der Waals surface area contributed by atoms with Gasteiger partial charge >= 0.3 is 5.97 Å². The minimum Gasteiger partial charge on any atom is -0.482 e. The monoisotopic (exact) mass is 291 g/mol. The fourth-order valence-electron chi connectivity index (χ4n) is 1.97. The van der Waals surface area contributed by atoms with Crippen molar-refractivity contribution in [3.05, 3.63) is 23.8 Å². The maximum absolute atomic E-state index is 12.0. The summed E-state index contributed by atoms with van der Waals surface area (Å²) in [5.41, 5.74) is 0.183. The predicted octanol–water partition coefficient (Wildman–Crippen LogP) is 1.57. The van der Waals surface area contributed by atoms with Crippen molar-refractivity contribution >= 4 is 23.9 Å². The molecular formula is C15H17NO5. The van der Waals surface area contributed by atoms with E-state index in [4.69, 9.17) is 9.47 Å². The summed E-state index contributed by atoms with van der Waals surface area (Å²) in [6.07, 6.45) is 0.672. The second kappa shape index (κ2) is 5.55. The highest BCUT2D eigenvalue weighted by atomic mass is 16.6. The van der Waals surface area contributed by atoms with Gasteiger partial charge in [-0.15, -0.1) is 0 Å². The number of ether oxygens (including phenoxy) is 2. The summed E-state index contributed by atoms with van der Waals surface area (Å²) in [4.78, 5) is 36.0. The van der Waals surface area contributed by atoms with Crippen LogP contribution in [0.4, 0.5) is 5.69 Å². The number of aldehydes is 1. The molecule has 0 aromatic heterocycles. The van der Waals surface area contributed by atoms with Crippen molar-refractivity contribution in [2.24, 2.45) is 0 Å². The lowest BCUT2D eigenvalue weighted by molar-refractivity contribution is -0.153. The standard InChI is InChI=1S/C15H17NO5/c1-15(2,3)21-14(19)7-16-11-6-10(8-17)4-5-12(11)20-9-13(16)18/h4-6,8H,7,9H2,1-3H3. The molecule has 6 nitrogen and oxygen atoms in total. The third-order valence-corrected chi connectivity index (χ3v) is 2.77. The van der Waals surface area contributed by atoms with Crippen LogP contribution in [0.3, 0.4) is 0 Å². The first-order chi connectivity index (χ1) is 9.80. The zero-order chi connectivity index (χ0) is 15.6. The molecule has 112 valence electrons. The van der Waals surface area contributed by atoms with E-state index in [0.29, 0.717) is 23.3 Å². The molecule has 1 aliphatic rings. The molecule has 0 bridgehead atoms. The van der Waals surface area contributed by atoms with Gasteiger partial charge in [0.2, 0.25) is 0 Å². The summed E-state index contributed by atoms with van der Waals surface area (Å²) in [5.74, 6) is -0.402. The number of amides is 1. The zero-order valence-corrected chi connectivity index (χ0v) is 12.2. The largest absolute Gasteiger partial charge is 0.482 e. The van der Waals surface area contributed by atoms with E-state index in [1.165, 1.54) is 11.0 Å². The Morgan fingerprint density at radius 3 is 2.76 bits per heavy atom. The van der Waals surface area contributed by atoms with Gasteiger partial charge in [-0.05, 0) is 39.0 Å². The van der Waals surface area contributed by atoms with Crippen molar-refractivity contribution in [2.45, 2.75) is 26.4 Å². The normalized spacial score (nSPS) is 14.2. The number of hydrogen-bond donors (Lipinski definition) is 0. The molecule has 21 heavy (non-hydrogen) atoms. The third kappa shape index (κ3) is 3.59. The molecule has 2 rings (SSSR count). The van der Waals surface area contributed by atoms with Crippen LogP contribution in [0, 0.1) is 0 Å². The number of hydrogen-bond acceptors (Lipinski definition) is 5. The molecule has 0 spiro atoms. The number of fused-ring (bicyclic) bond motifs is 1. The van der Waals surface area contributed by atoms with E-state index in [2.05, 4.69) is 0 Å². The number of nitrogens with zero attached hydrogens (tertiary/aromatic N) is 1. The van der Waals surface area contributed by atoms with Crippen molar-refractivity contribution < 1.29 is 23.9 Å². The number of carbonyl (C=O) groups excluding carboxylic acids is 3. The van der Waals surface area contributed by atoms with Gasteiger partial charge in [0.25, 0.3) is 5.91 Å². The summed E-state index contributed by atoms with van der Waals surface area (Å²) in [5, 5.41) is 0. The summed E-state index contributed by atoms with van der Waals surface area (Å²) in [7, 11) is 0. The Balaban J connectivity index is 2.25. The second-order valence-corrected chi connectivity index (χ2v) is 5.70. The van der Waals surface area contributed by atoms with Gasteiger partial charge in [-0.3, -0.25) is 19.3 Å². The molecular weight excluding hydrogens is 274 g/mol. The minimum absolute atomic E-state index is 0.143. The molecule has 0 N–H and O–H groups in total. The molecule has 0 fully saturated rings. The average Bonchev–Trinajstić information content (AvgIpc) is 2.39. The van der Waals surface area contributed by atoms with Gasteiger partial charge in [0.05, 0.1) is 5.69 Å². The van der Waals surface area contributed by atoms with E-state index < -0.39 is 11.6 Å². The molecule has 0 radical (unpaired) electrons. The van der Waals surface area contributed by atoms with E-state index in [-0.39, 0.29) is 19.1 Å². The molecule has 1 amide bonds. The lowest BCUT2D eigenvalue weighted by atomic mass is 10.1. The van der Waals surface area contributed by atoms with Gasteiger partial charge in [0.1, 0.15) is 24.2 Å². The van der Waals surface area contributed by atoms with Gasteiger partial charge in [0, 0.05) is 5.56 Å². The van der Waals surface area contributed by atoms with E-state index in [0.717, 1.165) is 0 Å². The molecule has 1 heterocycles. The molecule has 0 aliphatic carbocycles. The Morgan fingerprint density at radius 2 is 2.14 bits per heavy atom. The highest BCUT2D eigenvalue weighted by Crippen LogP contribution is 2.32. The van der Waals surface area contributed by atoms with Crippen LogP contribution < -0.4 is 9.64 Å². The van der Waals surface area contributed by atoms with Crippen molar-refractivity contribution in [3.8, 4) is 5.75 Å². The van der Waals surface area contributed by atoms with Crippen LogP contribution in [0.2, 0.25) is 0 Å². The van der Waals surface area contributed by atoms with Crippen LogP contribution in [0.5, 0.6) is 5.75 Å². The van der Waals surface area contributed by atoms with Crippen LogP contribution in [0.25, 0.3) is 0 Å². The van der Waals surface area contributed by atoms with E-state index in [9.17, 15) is 14.4 Å². The molecule has 6 heteroatoms. The molecule has 1 aliphatic heterocycles. The molecule has 0 unspecified atom stereocenters. The lowest BCUT2D eigenvalue weighted by Crippen LogP contribution is -2.43. The molecule has 0 atom stereocenters. The van der Waals surface area contributed by atoms with Crippen molar-refractivity contribution in [1.29, 1.82) is 0 Å². The predicted molar refractivity (Wildman–Crippen MR) is 75.5 cm³/mol. The molecule has 1 aromatic carbocycles. The summed E-state index contributed by atoms with van der Waals surface area (Å²) < 4.78 is 10.5. The number of esters is 1. The van der Waals surface area contributed by atoms with E-state index in [1.54, 1.807) is 32.9 Å². The maximum Gasteiger partial charge on any atom is 0.326 e. The first-order valence-electron chi connectivity index (χ1n) is 6.54. The molecule has 1 aromatic rings. The second-order valence-electron chi connectivity index (χ2n) is 5.70. The lowest BCUT2D eigenvalue weighted by Gasteiger charge is -2.30. The van der Waals surface area contributed by atoms with Crippen LogP contribution in [0.15, 0.2) is 18.2 Å². The zero-order valence-electron chi connectivity index (χ0n) is 12.2. The van der Waals surface area contributed by atoms with Gasteiger partial charge < -0.3 is 9.47 Å². The van der Waals surface area contributed by atoms with Crippen LogP contribution in [-0.2, 0) is 14.3 Å². The van der Waals surface area contributed by atoms with Gasteiger partial charge in [0.15, 0.2) is 6.61 Å². The smallest absolute Gasteiger partial charge is 0.326 e. The Labute approximate surface area is 122 Å². The highest BCUT2D eigenvalue weighted by Gasteiger charge is 2.29. The first kappa shape index (κ1) is 15.0. The summed E-state index contributed by atoms with van der Waals surface area (Å²) >= 11 is 0. The Morgan fingerprint density at radius 1 is 1.43 bits per heavy atom.